The van der Waals surface area contributed by atoms with Crippen molar-refractivity contribution < 1.29 is 4.79 Å². The number of para-hydroxylation sites is 1. The maximum Gasteiger partial charge on any atom is 0.267 e. The van der Waals surface area contributed by atoms with E-state index in [0.717, 1.165) is 16.5 Å². The molecule has 0 aliphatic rings. The molecule has 0 unspecified atom stereocenters. The summed E-state index contributed by atoms with van der Waals surface area (Å²) in [6.07, 6.45) is 1.72. The predicted octanol–water partition coefficient (Wildman–Crippen LogP) is 2.04. The van der Waals surface area contributed by atoms with E-state index in [2.05, 4.69) is 10.1 Å². The molecule has 3 aromatic rings. The summed E-state index contributed by atoms with van der Waals surface area (Å²) in [6, 6.07) is 12.4. The lowest BCUT2D eigenvalue weighted by Gasteiger charge is -2.08. The zero-order valence-corrected chi connectivity index (χ0v) is 11.5. The first kappa shape index (κ1) is 13.2. The molecule has 3 rings (SSSR count). The van der Waals surface area contributed by atoms with Crippen molar-refractivity contribution in [1.82, 2.24) is 14.8 Å². The van der Waals surface area contributed by atoms with Gasteiger partial charge in [0.15, 0.2) is 5.78 Å². The summed E-state index contributed by atoms with van der Waals surface area (Å²) in [6.45, 7) is 1.71. The fourth-order valence-electron chi connectivity index (χ4n) is 2.21. The molecule has 0 bridgehead atoms. The van der Waals surface area contributed by atoms with Crippen LogP contribution in [0.15, 0.2) is 53.5 Å². The molecular formula is C16H13N3O2. The Bertz CT molecular complexity index is 879. The van der Waals surface area contributed by atoms with Crippen molar-refractivity contribution in [2.75, 3.05) is 0 Å². The second kappa shape index (κ2) is 5.28. The molecule has 0 N–H and O–H groups in total. The van der Waals surface area contributed by atoms with E-state index in [4.69, 9.17) is 0 Å². The standard InChI is InChI=1S/C16H13N3O2/c1-11(20)14-7-8-15(21)19(18-14)10-13-5-2-4-12-6-3-9-17-16(12)13/h2-9H,10H2,1H3. The average Bonchev–Trinajstić information content (AvgIpc) is 2.49. The zero-order chi connectivity index (χ0) is 14.8. The third-order valence-electron chi connectivity index (χ3n) is 3.26. The highest BCUT2D eigenvalue weighted by atomic mass is 16.1. The summed E-state index contributed by atoms with van der Waals surface area (Å²) >= 11 is 0. The van der Waals surface area contributed by atoms with E-state index >= 15 is 0 Å². The summed E-state index contributed by atoms with van der Waals surface area (Å²) in [5.74, 6) is -0.167. The molecule has 0 saturated carbocycles. The van der Waals surface area contributed by atoms with Gasteiger partial charge in [0, 0.05) is 24.6 Å². The molecule has 2 aromatic heterocycles. The zero-order valence-electron chi connectivity index (χ0n) is 11.5. The molecule has 0 radical (unpaired) electrons. The number of Topliss-reactive ketones (excluding diaryl/α,β-unsaturated/α-hetero) is 1. The normalized spacial score (nSPS) is 10.7. The van der Waals surface area contributed by atoms with Gasteiger partial charge in [-0.15, -0.1) is 0 Å². The van der Waals surface area contributed by atoms with Crippen molar-refractivity contribution in [3.05, 3.63) is 70.3 Å². The number of pyridine rings is 1. The monoisotopic (exact) mass is 279 g/mol. The van der Waals surface area contributed by atoms with E-state index in [-0.39, 0.29) is 23.6 Å². The Kier molecular flexibility index (Phi) is 3.31. The highest BCUT2D eigenvalue weighted by Crippen LogP contribution is 2.16. The number of carbonyl (C=O) groups excluding carboxylic acids is 1. The van der Waals surface area contributed by atoms with Crippen LogP contribution in [-0.4, -0.2) is 20.5 Å². The van der Waals surface area contributed by atoms with Gasteiger partial charge in [0.1, 0.15) is 5.69 Å². The molecule has 0 amide bonds. The first-order valence-electron chi connectivity index (χ1n) is 6.57. The van der Waals surface area contributed by atoms with Gasteiger partial charge in [0.25, 0.3) is 5.56 Å². The van der Waals surface area contributed by atoms with E-state index in [1.165, 1.54) is 23.7 Å². The van der Waals surface area contributed by atoms with Gasteiger partial charge >= 0.3 is 0 Å². The second-order valence-electron chi connectivity index (χ2n) is 4.76. The Morgan fingerprint density at radius 3 is 2.76 bits per heavy atom. The topological polar surface area (TPSA) is 64.8 Å². The van der Waals surface area contributed by atoms with Crippen LogP contribution in [0.4, 0.5) is 0 Å². The van der Waals surface area contributed by atoms with E-state index in [1.807, 2.05) is 30.3 Å². The van der Waals surface area contributed by atoms with E-state index in [1.54, 1.807) is 6.20 Å². The Morgan fingerprint density at radius 1 is 1.14 bits per heavy atom. The molecule has 104 valence electrons. The van der Waals surface area contributed by atoms with Gasteiger partial charge in [-0.05, 0) is 17.7 Å². The molecule has 5 nitrogen and oxygen atoms in total. The Morgan fingerprint density at radius 2 is 1.95 bits per heavy atom. The number of aromatic nitrogens is 3. The molecule has 2 heterocycles. The van der Waals surface area contributed by atoms with Crippen LogP contribution in [0.2, 0.25) is 0 Å². The number of hydrogen-bond donors (Lipinski definition) is 0. The molecule has 0 fully saturated rings. The van der Waals surface area contributed by atoms with Gasteiger partial charge in [-0.1, -0.05) is 24.3 Å². The molecule has 5 heteroatoms. The molecule has 0 atom stereocenters. The second-order valence-corrected chi connectivity index (χ2v) is 4.76. The summed E-state index contributed by atoms with van der Waals surface area (Å²) in [7, 11) is 0. The van der Waals surface area contributed by atoms with Crippen LogP contribution < -0.4 is 5.56 Å². The lowest BCUT2D eigenvalue weighted by atomic mass is 10.1. The Labute approximate surface area is 120 Å². The van der Waals surface area contributed by atoms with Gasteiger partial charge in [-0.3, -0.25) is 14.6 Å². The number of hydrogen-bond acceptors (Lipinski definition) is 4. The molecule has 21 heavy (non-hydrogen) atoms. The summed E-state index contributed by atoms with van der Waals surface area (Å²) in [4.78, 5) is 27.6. The number of nitrogens with zero attached hydrogens (tertiary/aromatic N) is 3. The van der Waals surface area contributed by atoms with Crippen molar-refractivity contribution in [2.45, 2.75) is 13.5 Å². The van der Waals surface area contributed by atoms with Crippen molar-refractivity contribution >= 4 is 16.7 Å². The minimum absolute atomic E-state index is 0.167. The number of benzene rings is 1. The number of rotatable bonds is 3. The predicted molar refractivity (Wildman–Crippen MR) is 79.3 cm³/mol. The molecule has 0 aliphatic heterocycles. The fourth-order valence-corrected chi connectivity index (χ4v) is 2.21. The van der Waals surface area contributed by atoms with Crippen molar-refractivity contribution in [2.24, 2.45) is 0 Å². The minimum atomic E-state index is -0.243. The lowest BCUT2D eigenvalue weighted by molar-refractivity contribution is 0.101. The van der Waals surface area contributed by atoms with Crippen LogP contribution in [-0.2, 0) is 6.54 Å². The maximum absolute atomic E-state index is 11.9. The smallest absolute Gasteiger partial charge is 0.267 e. The quantitative estimate of drug-likeness (QED) is 0.688. The molecule has 0 spiro atoms. The number of ketones is 1. The van der Waals surface area contributed by atoms with Crippen LogP contribution in [0, 0.1) is 0 Å². The Balaban J connectivity index is 2.09. The fraction of sp³-hybridized carbons (Fsp3) is 0.125. The van der Waals surface area contributed by atoms with Crippen LogP contribution in [0.1, 0.15) is 23.0 Å². The lowest BCUT2D eigenvalue weighted by Crippen LogP contribution is -2.24. The summed E-state index contributed by atoms with van der Waals surface area (Å²) in [5, 5.41) is 5.11. The first-order valence-corrected chi connectivity index (χ1v) is 6.57. The van der Waals surface area contributed by atoms with Crippen molar-refractivity contribution in [3.8, 4) is 0 Å². The molecule has 0 saturated heterocycles. The number of carbonyl (C=O) groups is 1. The van der Waals surface area contributed by atoms with E-state index in [9.17, 15) is 9.59 Å². The third kappa shape index (κ3) is 2.58. The van der Waals surface area contributed by atoms with Gasteiger partial charge in [0.05, 0.1) is 12.1 Å². The molecule has 1 aromatic carbocycles. The summed E-state index contributed by atoms with van der Waals surface area (Å²) in [5.41, 5.74) is 1.76. The van der Waals surface area contributed by atoms with Crippen molar-refractivity contribution in [3.63, 3.8) is 0 Å². The highest BCUT2D eigenvalue weighted by Gasteiger charge is 2.07. The van der Waals surface area contributed by atoms with Crippen LogP contribution in [0.3, 0.4) is 0 Å². The van der Waals surface area contributed by atoms with E-state index < -0.39 is 0 Å². The van der Waals surface area contributed by atoms with Crippen LogP contribution in [0.25, 0.3) is 10.9 Å². The molecular weight excluding hydrogens is 266 g/mol. The highest BCUT2D eigenvalue weighted by molar-refractivity contribution is 5.91. The third-order valence-corrected chi connectivity index (χ3v) is 3.26. The van der Waals surface area contributed by atoms with Gasteiger partial charge in [-0.2, -0.15) is 5.10 Å². The van der Waals surface area contributed by atoms with Crippen LogP contribution in [0.5, 0.6) is 0 Å². The number of fused-ring (bicyclic) bond motifs is 1. The Hall–Kier alpha value is -2.82. The maximum atomic E-state index is 11.9. The van der Waals surface area contributed by atoms with Gasteiger partial charge < -0.3 is 0 Å². The van der Waals surface area contributed by atoms with Crippen LogP contribution >= 0.6 is 0 Å². The average molecular weight is 279 g/mol. The SMILES string of the molecule is CC(=O)c1ccc(=O)n(Cc2cccc3cccnc23)n1. The minimum Gasteiger partial charge on any atom is -0.293 e. The summed E-state index contributed by atoms with van der Waals surface area (Å²) < 4.78 is 1.29. The first-order chi connectivity index (χ1) is 10.1. The van der Waals surface area contributed by atoms with Gasteiger partial charge in [0.2, 0.25) is 0 Å². The van der Waals surface area contributed by atoms with E-state index in [0.29, 0.717) is 0 Å². The largest absolute Gasteiger partial charge is 0.293 e. The van der Waals surface area contributed by atoms with Gasteiger partial charge in [-0.25, -0.2) is 4.68 Å². The molecule has 0 aliphatic carbocycles. The van der Waals surface area contributed by atoms with Crippen molar-refractivity contribution in [1.29, 1.82) is 0 Å².